The minimum atomic E-state index is -1.32. The zero-order valence-electron chi connectivity index (χ0n) is 7.60. The van der Waals surface area contributed by atoms with Gasteiger partial charge in [-0.1, -0.05) is 20.8 Å². The van der Waals surface area contributed by atoms with Crippen LogP contribution in [0.5, 0.6) is 0 Å². The lowest BCUT2D eigenvalue weighted by atomic mass is 10.0. The lowest BCUT2D eigenvalue weighted by Gasteiger charge is -2.19. The molecule has 0 saturated carbocycles. The molecule has 0 aliphatic carbocycles. The Morgan fingerprint density at radius 3 is 1.60 bits per heavy atom. The van der Waals surface area contributed by atoms with Crippen molar-refractivity contribution in [1.29, 1.82) is 0 Å². The van der Waals surface area contributed by atoms with Crippen molar-refractivity contribution >= 4 is 14.8 Å². The summed E-state index contributed by atoms with van der Waals surface area (Å²) < 4.78 is 10.4. The van der Waals surface area contributed by atoms with Crippen molar-refractivity contribution in [3.63, 3.8) is 0 Å². The smallest absolute Gasteiger partial charge is 0.481 e. The predicted octanol–water partition coefficient (Wildman–Crippen LogP) is 1.81. The van der Waals surface area contributed by atoms with Crippen LogP contribution in [0.25, 0.3) is 0 Å². The molecule has 0 radical (unpaired) electrons. The van der Waals surface area contributed by atoms with Crippen molar-refractivity contribution in [3.8, 4) is 0 Å². The highest BCUT2D eigenvalue weighted by Crippen LogP contribution is 2.21. The average molecular weight is 160 g/mol. The third-order valence-electron chi connectivity index (χ3n) is 1.30. The van der Waals surface area contributed by atoms with Gasteiger partial charge in [-0.05, 0) is 10.7 Å². The van der Waals surface area contributed by atoms with E-state index in [-0.39, 0.29) is 0 Å². The van der Waals surface area contributed by atoms with Crippen molar-refractivity contribution in [1.82, 2.24) is 0 Å². The molecular formula is C7H17AlO2. The Morgan fingerprint density at radius 2 is 1.50 bits per heavy atom. The van der Waals surface area contributed by atoms with Gasteiger partial charge in [0.15, 0.2) is 0 Å². The molecule has 0 heterocycles. The molecule has 60 valence electrons. The van der Waals surface area contributed by atoms with Crippen LogP contribution < -0.4 is 0 Å². The lowest BCUT2D eigenvalue weighted by Crippen LogP contribution is -2.25. The zero-order valence-corrected chi connectivity index (χ0v) is 8.76. The molecule has 10 heavy (non-hydrogen) atoms. The molecule has 0 aliphatic heterocycles. The molecular weight excluding hydrogens is 143 g/mol. The Hall–Kier alpha value is 0.452. The van der Waals surface area contributed by atoms with Crippen LogP contribution in [0.3, 0.4) is 0 Å². The van der Waals surface area contributed by atoms with Crippen molar-refractivity contribution in [2.24, 2.45) is 5.41 Å². The minimum absolute atomic E-state index is 0.336. The van der Waals surface area contributed by atoms with Gasteiger partial charge in [0.05, 0.1) is 0 Å². The molecule has 0 aromatic rings. The molecule has 3 heteroatoms. The standard InChI is InChI=1S/C5H11.2CH3O.Al/c1-5(2,3)4;2*1-2;/h1H2,2-4H3;2*1H3;/q;2*-1;+2. The van der Waals surface area contributed by atoms with Crippen LogP contribution in [0.15, 0.2) is 0 Å². The van der Waals surface area contributed by atoms with Crippen LogP contribution in [-0.2, 0) is 7.58 Å². The average Bonchev–Trinajstić information content (AvgIpc) is 1.81. The third-order valence-corrected chi connectivity index (χ3v) is 3.91. The molecule has 0 unspecified atom stereocenters. The van der Waals surface area contributed by atoms with Crippen LogP contribution in [0.4, 0.5) is 0 Å². The Kier molecular flexibility index (Phi) is 4.55. The first-order chi connectivity index (χ1) is 4.49. The Labute approximate surface area is 68.6 Å². The second-order valence-electron chi connectivity index (χ2n) is 3.67. The lowest BCUT2D eigenvalue weighted by molar-refractivity contribution is 0.259. The van der Waals surface area contributed by atoms with Crippen molar-refractivity contribution < 1.29 is 7.58 Å². The summed E-state index contributed by atoms with van der Waals surface area (Å²) in [5.74, 6) is 0. The van der Waals surface area contributed by atoms with E-state index in [0.29, 0.717) is 5.41 Å². The Bertz CT molecular complexity index is 84.1. The molecule has 0 fully saturated rings. The maximum Gasteiger partial charge on any atom is 0.674 e. The van der Waals surface area contributed by atoms with E-state index in [2.05, 4.69) is 20.8 Å². The fraction of sp³-hybridized carbons (Fsp3) is 1.00. The van der Waals surface area contributed by atoms with Crippen LogP contribution in [-0.4, -0.2) is 29.0 Å². The molecule has 0 aromatic heterocycles. The van der Waals surface area contributed by atoms with Gasteiger partial charge < -0.3 is 7.58 Å². The summed E-state index contributed by atoms with van der Waals surface area (Å²) in [5, 5.41) is 1.07. The fourth-order valence-electron chi connectivity index (χ4n) is 0.763. The van der Waals surface area contributed by atoms with Gasteiger partial charge in [0.2, 0.25) is 0 Å². The summed E-state index contributed by atoms with van der Waals surface area (Å²) in [5.41, 5.74) is 0.336. The largest absolute Gasteiger partial charge is 0.674 e. The molecule has 0 aromatic carbocycles. The zero-order chi connectivity index (χ0) is 8.20. The number of hydrogen-bond donors (Lipinski definition) is 0. The molecule has 0 N–H and O–H groups in total. The summed E-state index contributed by atoms with van der Waals surface area (Å²) in [6.45, 7) is 6.60. The first-order valence-corrected chi connectivity index (χ1v) is 5.31. The Balaban J connectivity index is 3.63. The number of rotatable bonds is 3. The van der Waals surface area contributed by atoms with Gasteiger partial charge in [-0.2, -0.15) is 0 Å². The summed E-state index contributed by atoms with van der Waals surface area (Å²) in [6.07, 6.45) is 0. The van der Waals surface area contributed by atoms with Crippen molar-refractivity contribution in [2.45, 2.75) is 26.1 Å². The van der Waals surface area contributed by atoms with E-state index in [9.17, 15) is 0 Å². The quantitative estimate of drug-likeness (QED) is 0.586. The molecule has 0 spiro atoms. The van der Waals surface area contributed by atoms with E-state index in [1.54, 1.807) is 14.2 Å². The van der Waals surface area contributed by atoms with E-state index >= 15 is 0 Å². The molecule has 0 atom stereocenters. The van der Waals surface area contributed by atoms with E-state index in [1.807, 2.05) is 0 Å². The maximum absolute atomic E-state index is 5.19. The first-order valence-electron chi connectivity index (χ1n) is 3.55. The minimum Gasteiger partial charge on any atom is -0.481 e. The summed E-state index contributed by atoms with van der Waals surface area (Å²) >= 11 is -1.32. The predicted molar refractivity (Wildman–Crippen MR) is 44.0 cm³/mol. The van der Waals surface area contributed by atoms with E-state index in [4.69, 9.17) is 7.58 Å². The SMILES string of the molecule is C[O][Al]([CH2]C(C)(C)C)[O]C. The Morgan fingerprint density at radius 1 is 1.10 bits per heavy atom. The number of hydrogen-bond acceptors (Lipinski definition) is 2. The van der Waals surface area contributed by atoms with Gasteiger partial charge in [0.1, 0.15) is 0 Å². The second kappa shape index (κ2) is 4.36. The first kappa shape index (κ1) is 10.5. The molecule has 0 saturated heterocycles. The topological polar surface area (TPSA) is 18.5 Å². The molecule has 2 nitrogen and oxygen atoms in total. The van der Waals surface area contributed by atoms with Crippen LogP contribution >= 0.6 is 0 Å². The highest BCUT2D eigenvalue weighted by molar-refractivity contribution is 6.44. The molecule has 0 bridgehead atoms. The van der Waals surface area contributed by atoms with Gasteiger partial charge >= 0.3 is 14.8 Å². The van der Waals surface area contributed by atoms with Crippen molar-refractivity contribution in [3.05, 3.63) is 0 Å². The second-order valence-corrected chi connectivity index (χ2v) is 5.88. The molecule has 0 rings (SSSR count). The summed E-state index contributed by atoms with van der Waals surface area (Å²) in [7, 11) is 3.46. The van der Waals surface area contributed by atoms with E-state index in [0.717, 1.165) is 5.28 Å². The van der Waals surface area contributed by atoms with Gasteiger partial charge in [-0.25, -0.2) is 0 Å². The van der Waals surface area contributed by atoms with Gasteiger partial charge in [0, 0.05) is 14.2 Å². The van der Waals surface area contributed by atoms with E-state index < -0.39 is 14.8 Å². The summed E-state index contributed by atoms with van der Waals surface area (Å²) in [6, 6.07) is 0. The fourth-order valence-corrected chi connectivity index (χ4v) is 2.29. The van der Waals surface area contributed by atoms with Crippen LogP contribution in [0.1, 0.15) is 20.8 Å². The third kappa shape index (κ3) is 5.25. The van der Waals surface area contributed by atoms with Crippen LogP contribution in [0.2, 0.25) is 5.28 Å². The van der Waals surface area contributed by atoms with E-state index in [1.165, 1.54) is 0 Å². The van der Waals surface area contributed by atoms with Gasteiger partial charge in [-0.15, -0.1) is 0 Å². The highest BCUT2D eigenvalue weighted by atomic mass is 27.2. The van der Waals surface area contributed by atoms with Crippen LogP contribution in [0, 0.1) is 5.41 Å². The highest BCUT2D eigenvalue weighted by Gasteiger charge is 2.28. The van der Waals surface area contributed by atoms with Gasteiger partial charge in [-0.3, -0.25) is 0 Å². The molecule has 0 amide bonds. The van der Waals surface area contributed by atoms with Crippen molar-refractivity contribution in [2.75, 3.05) is 14.2 Å². The van der Waals surface area contributed by atoms with Gasteiger partial charge in [0.25, 0.3) is 0 Å². The molecule has 0 aliphatic rings. The normalized spacial score (nSPS) is 11.7. The summed E-state index contributed by atoms with van der Waals surface area (Å²) in [4.78, 5) is 0. The maximum atomic E-state index is 5.19. The monoisotopic (exact) mass is 160 g/mol.